The van der Waals surface area contributed by atoms with Crippen LogP contribution in [0.1, 0.15) is 12.8 Å². The Bertz CT molecular complexity index is 688. The predicted octanol–water partition coefficient (Wildman–Crippen LogP) is 2.54. The molecule has 26 heavy (non-hydrogen) atoms. The van der Waals surface area contributed by atoms with Crippen molar-refractivity contribution in [2.24, 2.45) is 4.99 Å². The van der Waals surface area contributed by atoms with Gasteiger partial charge in [-0.3, -0.25) is 14.5 Å². The molecular weight excluding hydrogens is 391 g/mol. The van der Waals surface area contributed by atoms with Gasteiger partial charge in [-0.05, 0) is 17.9 Å². The first-order valence-electron chi connectivity index (χ1n) is 7.85. The zero-order valence-electron chi connectivity index (χ0n) is 13.5. The van der Waals surface area contributed by atoms with Gasteiger partial charge in [0.25, 0.3) is 0 Å². The molecule has 0 aliphatic carbocycles. The number of carbonyl (C=O) groups is 2. The lowest BCUT2D eigenvalue weighted by Crippen LogP contribution is -2.42. The molecule has 2 saturated heterocycles. The molecule has 0 spiro atoms. The monoisotopic (exact) mass is 407 g/mol. The molecule has 6 nitrogen and oxygen atoms in total. The highest BCUT2D eigenvalue weighted by atomic mass is 32.2. The number of amides is 2. The van der Waals surface area contributed by atoms with E-state index in [1.807, 2.05) is 10.8 Å². The molecule has 0 bridgehead atoms. The third kappa shape index (κ3) is 4.77. The van der Waals surface area contributed by atoms with Gasteiger partial charge in [0.15, 0.2) is 5.17 Å². The average Bonchev–Trinajstić information content (AvgIpc) is 3.29. The number of alkyl halides is 3. The van der Waals surface area contributed by atoms with Gasteiger partial charge in [0, 0.05) is 18.4 Å². The maximum Gasteiger partial charge on any atom is 0.405 e. The highest BCUT2D eigenvalue weighted by Crippen LogP contribution is 2.35. The molecule has 11 heteroatoms. The second-order valence-electron chi connectivity index (χ2n) is 5.80. The summed E-state index contributed by atoms with van der Waals surface area (Å²) in [7, 11) is 0. The van der Waals surface area contributed by atoms with Crippen molar-refractivity contribution in [3.8, 4) is 0 Å². The second kappa shape index (κ2) is 7.97. The van der Waals surface area contributed by atoms with E-state index in [1.54, 1.807) is 11.4 Å². The summed E-state index contributed by atoms with van der Waals surface area (Å²) < 4.78 is 42.0. The van der Waals surface area contributed by atoms with E-state index in [1.165, 1.54) is 16.2 Å². The van der Waals surface area contributed by atoms with Crippen LogP contribution in [0.3, 0.4) is 0 Å². The Morgan fingerprint density at radius 1 is 1.46 bits per heavy atom. The van der Waals surface area contributed by atoms with Crippen LogP contribution in [0.15, 0.2) is 21.8 Å². The Labute approximate surface area is 155 Å². The van der Waals surface area contributed by atoms with Gasteiger partial charge >= 0.3 is 6.18 Å². The highest BCUT2D eigenvalue weighted by molar-refractivity contribution is 8.15. The molecule has 2 fully saturated rings. The van der Waals surface area contributed by atoms with Gasteiger partial charge < -0.3 is 10.1 Å². The minimum atomic E-state index is -4.48. The van der Waals surface area contributed by atoms with Gasteiger partial charge in [-0.25, -0.2) is 4.99 Å². The molecule has 1 aromatic rings. The summed E-state index contributed by atoms with van der Waals surface area (Å²) in [6.07, 6.45) is -4.16. The lowest BCUT2D eigenvalue weighted by atomic mass is 10.2. The zero-order chi connectivity index (χ0) is 18.7. The minimum absolute atomic E-state index is 0.171. The van der Waals surface area contributed by atoms with Crippen molar-refractivity contribution in [2.45, 2.75) is 30.3 Å². The molecule has 2 aliphatic heterocycles. The first-order valence-corrected chi connectivity index (χ1v) is 9.67. The number of amidine groups is 1. The van der Waals surface area contributed by atoms with Crippen molar-refractivity contribution in [1.82, 2.24) is 10.2 Å². The van der Waals surface area contributed by atoms with E-state index in [9.17, 15) is 22.8 Å². The van der Waals surface area contributed by atoms with Crippen LogP contribution >= 0.6 is 23.1 Å². The summed E-state index contributed by atoms with van der Waals surface area (Å²) in [6.45, 7) is -0.503. The zero-order valence-corrected chi connectivity index (χ0v) is 15.1. The molecule has 3 rings (SSSR count). The van der Waals surface area contributed by atoms with Crippen LogP contribution < -0.4 is 5.32 Å². The van der Waals surface area contributed by atoms with Crippen molar-refractivity contribution in [3.05, 3.63) is 16.8 Å². The molecule has 2 aliphatic rings. The summed E-state index contributed by atoms with van der Waals surface area (Å²) in [5.41, 5.74) is 0.691. The van der Waals surface area contributed by atoms with Crippen LogP contribution in [-0.2, 0) is 14.3 Å². The number of nitrogens with zero attached hydrogens (tertiary/aromatic N) is 2. The molecule has 1 N–H and O–H groups in total. The van der Waals surface area contributed by atoms with E-state index < -0.39 is 23.9 Å². The Morgan fingerprint density at radius 2 is 2.27 bits per heavy atom. The Kier molecular flexibility index (Phi) is 5.88. The first-order chi connectivity index (χ1) is 12.3. The smallest absolute Gasteiger partial charge is 0.379 e. The van der Waals surface area contributed by atoms with Crippen molar-refractivity contribution >= 4 is 45.8 Å². The van der Waals surface area contributed by atoms with Gasteiger partial charge in [0.2, 0.25) is 11.8 Å². The van der Waals surface area contributed by atoms with Crippen LogP contribution in [0.4, 0.5) is 18.9 Å². The highest BCUT2D eigenvalue weighted by Gasteiger charge is 2.44. The van der Waals surface area contributed by atoms with E-state index >= 15 is 0 Å². The number of nitrogens with one attached hydrogen (secondary N) is 1. The van der Waals surface area contributed by atoms with Gasteiger partial charge in [-0.15, -0.1) is 0 Å². The molecular formula is C15H16F3N3O3S2. The fourth-order valence-electron chi connectivity index (χ4n) is 2.63. The molecule has 1 aromatic heterocycles. The number of thiophene rings is 1. The second-order valence-corrected chi connectivity index (χ2v) is 7.75. The number of halogens is 3. The maximum absolute atomic E-state index is 12.7. The van der Waals surface area contributed by atoms with E-state index in [4.69, 9.17) is 4.74 Å². The van der Waals surface area contributed by atoms with Crippen molar-refractivity contribution < 1.29 is 27.5 Å². The van der Waals surface area contributed by atoms with Crippen molar-refractivity contribution in [2.75, 3.05) is 19.8 Å². The number of hydrogen-bond acceptors (Lipinski definition) is 6. The van der Waals surface area contributed by atoms with Crippen LogP contribution in [-0.4, -0.2) is 59.1 Å². The summed E-state index contributed by atoms with van der Waals surface area (Å²) in [5, 5.41) is 5.15. The number of hydrogen-bond donors (Lipinski definition) is 1. The molecule has 0 saturated carbocycles. The van der Waals surface area contributed by atoms with Crippen LogP contribution in [0, 0.1) is 0 Å². The van der Waals surface area contributed by atoms with E-state index in [0.29, 0.717) is 30.5 Å². The van der Waals surface area contributed by atoms with Gasteiger partial charge in [-0.2, -0.15) is 24.5 Å². The quantitative estimate of drug-likeness (QED) is 0.814. The molecule has 0 radical (unpaired) electrons. The normalized spacial score (nSPS) is 25.3. The van der Waals surface area contributed by atoms with Crippen LogP contribution in [0.2, 0.25) is 0 Å². The summed E-state index contributed by atoms with van der Waals surface area (Å²) in [4.78, 5) is 30.5. The number of aliphatic imine (C=N–C) groups is 1. The van der Waals surface area contributed by atoms with Crippen LogP contribution in [0.25, 0.3) is 0 Å². The maximum atomic E-state index is 12.7. The van der Waals surface area contributed by atoms with E-state index in [0.717, 1.165) is 11.8 Å². The largest absolute Gasteiger partial charge is 0.405 e. The average molecular weight is 407 g/mol. The van der Waals surface area contributed by atoms with Gasteiger partial charge in [-0.1, -0.05) is 11.8 Å². The summed E-state index contributed by atoms with van der Waals surface area (Å²) in [6, 6.07) is 1.63. The summed E-state index contributed by atoms with van der Waals surface area (Å²) >= 11 is 2.57. The fraction of sp³-hybridized carbons (Fsp3) is 0.533. The van der Waals surface area contributed by atoms with Crippen molar-refractivity contribution in [3.63, 3.8) is 0 Å². The Morgan fingerprint density at radius 3 is 2.88 bits per heavy atom. The lowest BCUT2D eigenvalue weighted by molar-refractivity contribution is -0.139. The van der Waals surface area contributed by atoms with E-state index in [2.05, 4.69) is 4.99 Å². The molecule has 0 aromatic carbocycles. The number of ether oxygens (including phenoxy) is 1. The number of thioether (sulfide) groups is 1. The number of rotatable bonds is 5. The SMILES string of the molecule is O=C(CC1SC(=Nc2ccsc2)N(C2CCOC2)C1=O)NCC(F)(F)F. The number of carbonyl (C=O) groups excluding carboxylic acids is 2. The molecule has 2 amide bonds. The lowest BCUT2D eigenvalue weighted by Gasteiger charge is -2.22. The molecule has 2 unspecified atom stereocenters. The molecule has 3 heterocycles. The summed E-state index contributed by atoms with van der Waals surface area (Å²) in [5.74, 6) is -1.13. The Balaban J connectivity index is 1.72. The van der Waals surface area contributed by atoms with Crippen LogP contribution in [0.5, 0.6) is 0 Å². The van der Waals surface area contributed by atoms with Crippen molar-refractivity contribution in [1.29, 1.82) is 0 Å². The van der Waals surface area contributed by atoms with Gasteiger partial charge in [0.1, 0.15) is 11.8 Å². The van der Waals surface area contributed by atoms with E-state index in [-0.39, 0.29) is 18.4 Å². The fourth-order valence-corrected chi connectivity index (χ4v) is 4.41. The Hall–Kier alpha value is -1.59. The third-order valence-electron chi connectivity index (χ3n) is 3.83. The predicted molar refractivity (Wildman–Crippen MR) is 92.5 cm³/mol. The molecule has 142 valence electrons. The standard InChI is InChI=1S/C15H16F3N3O3S2/c16-15(17,18)8-19-12(22)5-11-13(23)21(10-1-3-24-6-10)14(26-11)20-9-2-4-25-7-9/h2,4,7,10-11H,1,3,5-6,8H2,(H,19,22). The van der Waals surface area contributed by atoms with Gasteiger partial charge in [0.05, 0.1) is 18.3 Å². The third-order valence-corrected chi connectivity index (χ3v) is 5.65. The molecule has 2 atom stereocenters. The first kappa shape index (κ1) is 19.2. The minimum Gasteiger partial charge on any atom is -0.379 e. The topological polar surface area (TPSA) is 71.0 Å².